The van der Waals surface area contributed by atoms with E-state index in [4.69, 9.17) is 9.15 Å². The number of ether oxygens (including phenoxy) is 1. The van der Waals surface area contributed by atoms with Crippen LogP contribution in [0.15, 0.2) is 46.9 Å². The molecule has 0 unspecified atom stereocenters. The van der Waals surface area contributed by atoms with E-state index >= 15 is 0 Å². The number of rotatable bonds is 6. The number of benzene rings is 1. The first kappa shape index (κ1) is 22.0. The third kappa shape index (κ3) is 4.58. The van der Waals surface area contributed by atoms with Gasteiger partial charge in [0.1, 0.15) is 17.0 Å². The van der Waals surface area contributed by atoms with Crippen LogP contribution in [0, 0.1) is 24.2 Å². The molecule has 160 valence electrons. The van der Waals surface area contributed by atoms with Crippen LogP contribution in [0.5, 0.6) is 0 Å². The van der Waals surface area contributed by atoms with E-state index in [0.29, 0.717) is 22.4 Å². The number of hydrogen-bond donors (Lipinski definition) is 1. The van der Waals surface area contributed by atoms with Crippen molar-refractivity contribution < 1.29 is 18.7 Å². The minimum atomic E-state index is -1.08. The van der Waals surface area contributed by atoms with Gasteiger partial charge in [-0.05, 0) is 51.0 Å². The lowest BCUT2D eigenvalue weighted by Crippen LogP contribution is -2.52. The number of nitrogens with one attached hydrogen (secondary N) is 1. The number of para-hydroxylation sites is 1. The first-order valence-electron chi connectivity index (χ1n) is 10.1. The number of amides is 1. The zero-order valence-electron chi connectivity index (χ0n) is 18.2. The van der Waals surface area contributed by atoms with E-state index in [-0.39, 0.29) is 11.5 Å². The normalized spacial score (nSPS) is 14.0. The SMILES string of the molecule is Cc1ccc(-c2cc(C(=O)O[C@@H](C)C(=O)N[C@@](C)(C#N)C(C)C)c3ccccc3n2)o1. The summed E-state index contributed by atoms with van der Waals surface area (Å²) in [5.74, 6) is -0.0528. The number of nitrogens with zero attached hydrogens (tertiary/aromatic N) is 2. The fourth-order valence-corrected chi connectivity index (χ4v) is 2.98. The van der Waals surface area contributed by atoms with Crippen LogP contribution in [0.25, 0.3) is 22.4 Å². The highest BCUT2D eigenvalue weighted by molar-refractivity contribution is 6.05. The van der Waals surface area contributed by atoms with E-state index in [1.165, 1.54) is 6.92 Å². The minimum absolute atomic E-state index is 0.118. The van der Waals surface area contributed by atoms with Crippen molar-refractivity contribution in [2.75, 3.05) is 0 Å². The van der Waals surface area contributed by atoms with Gasteiger partial charge in [0.05, 0.1) is 17.1 Å². The van der Waals surface area contributed by atoms with Gasteiger partial charge in [-0.2, -0.15) is 5.26 Å². The highest BCUT2D eigenvalue weighted by atomic mass is 16.5. The summed E-state index contributed by atoms with van der Waals surface area (Å²) in [6.45, 7) is 8.61. The second-order valence-corrected chi connectivity index (χ2v) is 7.99. The zero-order valence-corrected chi connectivity index (χ0v) is 18.2. The number of carbonyl (C=O) groups excluding carboxylic acids is 2. The number of aryl methyl sites for hydroxylation is 1. The van der Waals surface area contributed by atoms with E-state index in [1.807, 2.05) is 32.9 Å². The molecular formula is C24H25N3O4. The van der Waals surface area contributed by atoms with Crippen molar-refractivity contribution in [3.05, 3.63) is 53.8 Å². The van der Waals surface area contributed by atoms with E-state index in [2.05, 4.69) is 16.4 Å². The largest absolute Gasteiger partial charge is 0.460 e. The predicted octanol–water partition coefficient (Wildman–Crippen LogP) is 4.40. The standard InChI is InChI=1S/C24H25N3O4/c1-14(2)24(5,13-25)27-22(28)16(4)31-23(29)18-12-20(21-11-10-15(3)30-21)26-19-9-7-6-8-17(18)19/h6-12,14,16H,1-5H3,(H,27,28)/t16-,24-/m0/s1. The molecule has 0 aliphatic heterocycles. The van der Waals surface area contributed by atoms with Crippen molar-refractivity contribution in [1.29, 1.82) is 5.26 Å². The molecule has 3 aromatic rings. The number of esters is 1. The molecule has 2 aromatic heterocycles. The number of aromatic nitrogens is 1. The molecule has 2 heterocycles. The molecule has 0 saturated heterocycles. The number of hydrogen-bond acceptors (Lipinski definition) is 6. The van der Waals surface area contributed by atoms with Crippen LogP contribution in [-0.4, -0.2) is 28.5 Å². The summed E-state index contributed by atoms with van der Waals surface area (Å²) < 4.78 is 11.1. The lowest BCUT2D eigenvalue weighted by molar-refractivity contribution is -0.130. The van der Waals surface area contributed by atoms with Gasteiger partial charge in [0.15, 0.2) is 11.9 Å². The molecule has 0 aliphatic rings. The van der Waals surface area contributed by atoms with Crippen LogP contribution >= 0.6 is 0 Å². The van der Waals surface area contributed by atoms with Gasteiger partial charge in [-0.3, -0.25) is 4.79 Å². The lowest BCUT2D eigenvalue weighted by atomic mass is 9.90. The Morgan fingerprint density at radius 3 is 2.52 bits per heavy atom. The van der Waals surface area contributed by atoms with Crippen molar-refractivity contribution in [1.82, 2.24) is 10.3 Å². The van der Waals surface area contributed by atoms with E-state index in [1.54, 1.807) is 37.3 Å². The van der Waals surface area contributed by atoms with Gasteiger partial charge < -0.3 is 14.5 Å². The molecule has 3 rings (SSSR count). The third-order valence-corrected chi connectivity index (χ3v) is 5.35. The average molecular weight is 419 g/mol. The second-order valence-electron chi connectivity index (χ2n) is 7.99. The Bertz CT molecular complexity index is 1180. The van der Waals surface area contributed by atoms with Crippen LogP contribution in [-0.2, 0) is 9.53 Å². The van der Waals surface area contributed by atoms with Crippen LogP contribution in [0.3, 0.4) is 0 Å². The van der Waals surface area contributed by atoms with Crippen LogP contribution in [0.2, 0.25) is 0 Å². The summed E-state index contributed by atoms with van der Waals surface area (Å²) in [4.78, 5) is 30.2. The molecular weight excluding hydrogens is 394 g/mol. The maximum absolute atomic E-state index is 13.0. The summed E-state index contributed by atoms with van der Waals surface area (Å²) in [6, 6.07) is 14.5. The molecule has 0 fully saturated rings. The molecule has 7 nitrogen and oxygen atoms in total. The first-order valence-corrected chi connectivity index (χ1v) is 10.1. The number of nitriles is 1. The summed E-state index contributed by atoms with van der Waals surface area (Å²) >= 11 is 0. The molecule has 31 heavy (non-hydrogen) atoms. The number of pyridine rings is 1. The summed E-state index contributed by atoms with van der Waals surface area (Å²) in [6.07, 6.45) is -1.08. The van der Waals surface area contributed by atoms with Gasteiger partial charge in [-0.1, -0.05) is 32.0 Å². The quantitative estimate of drug-likeness (QED) is 0.594. The van der Waals surface area contributed by atoms with Crippen molar-refractivity contribution in [2.45, 2.75) is 46.3 Å². The number of carbonyl (C=O) groups is 2. The Kier molecular flexibility index (Phi) is 6.11. The molecule has 0 aliphatic carbocycles. The van der Waals surface area contributed by atoms with Crippen molar-refractivity contribution in [3.8, 4) is 17.5 Å². The van der Waals surface area contributed by atoms with Crippen molar-refractivity contribution >= 4 is 22.8 Å². The molecule has 1 N–H and O–H groups in total. The Morgan fingerprint density at radius 2 is 1.90 bits per heavy atom. The molecule has 0 bridgehead atoms. The summed E-state index contributed by atoms with van der Waals surface area (Å²) in [5, 5.41) is 12.7. The van der Waals surface area contributed by atoms with E-state index in [9.17, 15) is 14.9 Å². The molecule has 0 radical (unpaired) electrons. The van der Waals surface area contributed by atoms with Gasteiger partial charge in [-0.15, -0.1) is 0 Å². The van der Waals surface area contributed by atoms with Crippen LogP contribution < -0.4 is 5.32 Å². The fourth-order valence-electron chi connectivity index (χ4n) is 2.98. The van der Waals surface area contributed by atoms with Gasteiger partial charge in [0.2, 0.25) is 0 Å². The molecule has 7 heteroatoms. The molecule has 0 saturated carbocycles. The maximum atomic E-state index is 13.0. The Labute approximate surface area is 181 Å². The highest BCUT2D eigenvalue weighted by Crippen LogP contribution is 2.27. The maximum Gasteiger partial charge on any atom is 0.339 e. The summed E-state index contributed by atoms with van der Waals surface area (Å²) in [5.41, 5.74) is 0.315. The van der Waals surface area contributed by atoms with Gasteiger partial charge in [0.25, 0.3) is 5.91 Å². The first-order chi connectivity index (χ1) is 14.6. The second kappa shape index (κ2) is 8.60. The minimum Gasteiger partial charge on any atom is -0.460 e. The van der Waals surface area contributed by atoms with Crippen molar-refractivity contribution in [2.24, 2.45) is 5.92 Å². The van der Waals surface area contributed by atoms with Crippen LogP contribution in [0.1, 0.15) is 43.8 Å². The fraction of sp³-hybridized carbons (Fsp3) is 0.333. The highest BCUT2D eigenvalue weighted by Gasteiger charge is 2.33. The average Bonchev–Trinajstić information content (AvgIpc) is 3.18. The van der Waals surface area contributed by atoms with E-state index < -0.39 is 23.5 Å². The smallest absolute Gasteiger partial charge is 0.339 e. The zero-order chi connectivity index (χ0) is 22.8. The van der Waals surface area contributed by atoms with Crippen molar-refractivity contribution in [3.63, 3.8) is 0 Å². The van der Waals surface area contributed by atoms with E-state index in [0.717, 1.165) is 5.76 Å². The Balaban J connectivity index is 1.90. The predicted molar refractivity (Wildman–Crippen MR) is 116 cm³/mol. The number of furan rings is 1. The monoisotopic (exact) mass is 419 g/mol. The lowest BCUT2D eigenvalue weighted by Gasteiger charge is -2.28. The third-order valence-electron chi connectivity index (χ3n) is 5.35. The Morgan fingerprint density at radius 1 is 1.19 bits per heavy atom. The Hall–Kier alpha value is -3.66. The van der Waals surface area contributed by atoms with Crippen LogP contribution in [0.4, 0.5) is 0 Å². The van der Waals surface area contributed by atoms with Gasteiger partial charge in [0, 0.05) is 5.39 Å². The molecule has 1 amide bonds. The summed E-state index contributed by atoms with van der Waals surface area (Å²) in [7, 11) is 0. The van der Waals surface area contributed by atoms with Gasteiger partial charge >= 0.3 is 5.97 Å². The van der Waals surface area contributed by atoms with Gasteiger partial charge in [-0.25, -0.2) is 9.78 Å². The molecule has 0 spiro atoms. The molecule has 1 aromatic carbocycles. The molecule has 2 atom stereocenters. The topological polar surface area (TPSA) is 105 Å². The number of fused-ring (bicyclic) bond motifs is 1.